The predicted molar refractivity (Wildman–Crippen MR) is 259 cm³/mol. The Hall–Kier alpha value is -3.60. The molecular weight excluding hydrogens is 793 g/mol. The van der Waals surface area contributed by atoms with Crippen LogP contribution >= 0.6 is 57.1 Å². The molecule has 8 aromatic rings. The lowest BCUT2D eigenvalue weighted by Gasteiger charge is -2.25. The maximum Gasteiger partial charge on any atom is 0.114 e. The SMILES string of the molecule is CCCCCCNc1ccc(-c2cc3sc(-c4ccc(-c5cc6sc(-c7ccc(N(CCCCCC)CCCCCC)cc7)cc6s5)c5nsnc45)cc3s2)cc1. The fourth-order valence-electron chi connectivity index (χ4n) is 7.69. The number of benzene rings is 3. The third kappa shape index (κ3) is 9.49. The van der Waals surface area contributed by atoms with Crippen molar-refractivity contribution in [3.8, 4) is 41.8 Å². The molecule has 5 aromatic heterocycles. The smallest absolute Gasteiger partial charge is 0.114 e. The summed E-state index contributed by atoms with van der Waals surface area (Å²) in [6.07, 6.45) is 15.6. The summed E-state index contributed by atoms with van der Waals surface area (Å²) < 4.78 is 15.0. The highest BCUT2D eigenvalue weighted by Gasteiger charge is 2.19. The van der Waals surface area contributed by atoms with Crippen molar-refractivity contribution in [2.75, 3.05) is 29.9 Å². The molecule has 0 radical (unpaired) electrons. The van der Waals surface area contributed by atoms with Gasteiger partial charge in [-0.15, -0.1) is 45.3 Å². The van der Waals surface area contributed by atoms with E-state index in [2.05, 4.69) is 116 Å². The molecule has 0 amide bonds. The highest BCUT2D eigenvalue weighted by molar-refractivity contribution is 7.31. The zero-order valence-corrected chi connectivity index (χ0v) is 37.7. The lowest BCUT2D eigenvalue weighted by molar-refractivity contribution is 0.609. The number of rotatable bonds is 21. The average Bonchev–Trinajstić information content (AvgIpc) is 4.08. The largest absolute Gasteiger partial charge is 0.385 e. The number of hydrogen-bond acceptors (Lipinski definition) is 9. The summed E-state index contributed by atoms with van der Waals surface area (Å²) in [6.45, 7) is 10.2. The molecule has 57 heavy (non-hydrogen) atoms. The lowest BCUT2D eigenvalue weighted by atomic mass is 10.1. The topological polar surface area (TPSA) is 41.0 Å². The van der Waals surface area contributed by atoms with Gasteiger partial charge in [0.1, 0.15) is 11.0 Å². The van der Waals surface area contributed by atoms with Gasteiger partial charge in [-0.3, -0.25) is 0 Å². The monoisotopic (exact) mass is 846 g/mol. The van der Waals surface area contributed by atoms with Crippen LogP contribution in [-0.4, -0.2) is 28.4 Å². The zero-order valence-electron chi connectivity index (χ0n) is 33.6. The van der Waals surface area contributed by atoms with Crippen LogP contribution in [0.3, 0.4) is 0 Å². The van der Waals surface area contributed by atoms with Gasteiger partial charge in [0.05, 0.1) is 11.7 Å². The van der Waals surface area contributed by atoms with Gasteiger partial charge in [-0.25, -0.2) is 0 Å². The van der Waals surface area contributed by atoms with Gasteiger partial charge in [0.15, 0.2) is 0 Å². The van der Waals surface area contributed by atoms with Gasteiger partial charge in [0.2, 0.25) is 0 Å². The Morgan fingerprint density at radius 2 is 0.912 bits per heavy atom. The number of unbranched alkanes of at least 4 members (excludes halogenated alkanes) is 9. The van der Waals surface area contributed by atoms with Gasteiger partial charge in [-0.1, -0.05) is 115 Å². The first-order chi connectivity index (χ1) is 28.1. The van der Waals surface area contributed by atoms with Crippen molar-refractivity contribution in [2.45, 2.75) is 97.8 Å². The number of hydrogen-bond donors (Lipinski definition) is 1. The molecule has 1 N–H and O–H groups in total. The van der Waals surface area contributed by atoms with Crippen LogP contribution in [0.2, 0.25) is 0 Å². The molecule has 9 heteroatoms. The molecule has 296 valence electrons. The highest BCUT2D eigenvalue weighted by Crippen LogP contribution is 2.47. The number of nitrogens with zero attached hydrogens (tertiary/aromatic N) is 3. The van der Waals surface area contributed by atoms with Crippen LogP contribution in [0.15, 0.2) is 84.9 Å². The number of nitrogens with one attached hydrogen (secondary N) is 1. The standard InChI is InChI=1S/C48H54N4S5/c1-4-7-10-13-26-49-35-20-16-33(17-21-35)39-29-43-45(53-39)31-41(55-43)37-24-25-38(48-47(37)50-57-51-48)42-32-46-44(56-42)30-40(54-46)34-18-22-36(23-19-34)52(27-14-11-8-5-2)28-15-12-9-6-3/h16-25,29-32,49H,4-15,26-28H2,1-3H3. The summed E-state index contributed by atoms with van der Waals surface area (Å²) in [5.74, 6) is 0. The van der Waals surface area contributed by atoms with E-state index in [-0.39, 0.29) is 0 Å². The average molecular weight is 847 g/mol. The minimum Gasteiger partial charge on any atom is -0.385 e. The van der Waals surface area contributed by atoms with E-state index in [0.717, 1.165) is 30.7 Å². The van der Waals surface area contributed by atoms with E-state index in [0.29, 0.717) is 0 Å². The van der Waals surface area contributed by atoms with Crippen LogP contribution in [0.4, 0.5) is 11.4 Å². The van der Waals surface area contributed by atoms with E-state index in [9.17, 15) is 0 Å². The number of anilines is 2. The second kappa shape index (κ2) is 19.4. The van der Waals surface area contributed by atoms with Gasteiger partial charge < -0.3 is 10.2 Å². The molecule has 0 bridgehead atoms. The van der Waals surface area contributed by atoms with Gasteiger partial charge >= 0.3 is 0 Å². The first kappa shape index (κ1) is 40.2. The van der Waals surface area contributed by atoms with Crippen LogP contribution in [0, 0.1) is 0 Å². The van der Waals surface area contributed by atoms with Crippen molar-refractivity contribution in [2.24, 2.45) is 0 Å². The highest BCUT2D eigenvalue weighted by atomic mass is 32.1. The molecule has 0 spiro atoms. The maximum absolute atomic E-state index is 4.85. The van der Waals surface area contributed by atoms with Gasteiger partial charge in [-0.05, 0) is 78.9 Å². The lowest BCUT2D eigenvalue weighted by Crippen LogP contribution is -2.25. The van der Waals surface area contributed by atoms with E-state index in [4.69, 9.17) is 8.75 Å². The Bertz CT molecular complexity index is 2400. The van der Waals surface area contributed by atoms with Crippen molar-refractivity contribution >= 4 is 98.3 Å². The van der Waals surface area contributed by atoms with E-state index in [1.807, 2.05) is 45.3 Å². The van der Waals surface area contributed by atoms with E-state index in [1.165, 1.54) is 161 Å². The molecule has 3 aromatic carbocycles. The van der Waals surface area contributed by atoms with Crippen LogP contribution in [0.5, 0.6) is 0 Å². The van der Waals surface area contributed by atoms with Gasteiger partial charge in [0, 0.05) is 80.4 Å². The van der Waals surface area contributed by atoms with E-state index >= 15 is 0 Å². The Morgan fingerprint density at radius 3 is 1.40 bits per heavy atom. The number of fused-ring (bicyclic) bond motifs is 3. The Balaban J connectivity index is 0.955. The molecule has 5 heterocycles. The summed E-state index contributed by atoms with van der Waals surface area (Å²) in [6, 6.07) is 32.3. The van der Waals surface area contributed by atoms with E-state index in [1.54, 1.807) is 0 Å². The van der Waals surface area contributed by atoms with Crippen molar-refractivity contribution in [1.29, 1.82) is 0 Å². The Kier molecular flexibility index (Phi) is 13.7. The van der Waals surface area contributed by atoms with E-state index < -0.39 is 0 Å². The predicted octanol–water partition coefficient (Wildman–Crippen LogP) is 16.9. The molecule has 0 aliphatic carbocycles. The number of thiophene rings is 4. The first-order valence-corrected chi connectivity index (χ1v) is 25.1. The third-order valence-electron chi connectivity index (χ3n) is 11.0. The summed E-state index contributed by atoms with van der Waals surface area (Å²) in [5, 5.41) is 3.58. The normalized spacial score (nSPS) is 11.8. The van der Waals surface area contributed by atoms with Gasteiger partial charge in [0.25, 0.3) is 0 Å². The molecule has 4 nitrogen and oxygen atoms in total. The fourth-order valence-corrected chi connectivity index (χ4v) is 13.1. The maximum atomic E-state index is 4.85. The minimum absolute atomic E-state index is 1.01. The molecule has 8 rings (SSSR count). The van der Waals surface area contributed by atoms with Crippen molar-refractivity contribution in [3.05, 3.63) is 84.9 Å². The summed E-state index contributed by atoms with van der Waals surface area (Å²) in [7, 11) is 0. The van der Waals surface area contributed by atoms with Crippen LogP contribution in [-0.2, 0) is 0 Å². The van der Waals surface area contributed by atoms with Crippen molar-refractivity contribution in [1.82, 2.24) is 8.75 Å². The Labute approximate surface area is 359 Å². The molecule has 0 aliphatic rings. The van der Waals surface area contributed by atoms with Crippen LogP contribution in [0.25, 0.3) is 71.6 Å². The third-order valence-corrected chi connectivity index (χ3v) is 16.2. The molecule has 0 saturated carbocycles. The fraction of sp³-hybridized carbons (Fsp3) is 0.375. The molecule has 0 saturated heterocycles. The molecular formula is C48H54N4S5. The number of aromatic nitrogens is 2. The summed E-state index contributed by atoms with van der Waals surface area (Å²) in [5.41, 5.74) is 9.53. The molecule has 0 aliphatic heterocycles. The molecule has 0 fully saturated rings. The summed E-state index contributed by atoms with van der Waals surface area (Å²) in [4.78, 5) is 7.80. The van der Waals surface area contributed by atoms with Crippen LogP contribution < -0.4 is 10.2 Å². The zero-order chi connectivity index (χ0) is 39.0. The minimum atomic E-state index is 1.01. The second-order valence-corrected chi connectivity index (χ2v) is 20.1. The van der Waals surface area contributed by atoms with Gasteiger partial charge in [-0.2, -0.15) is 8.75 Å². The summed E-state index contributed by atoms with van der Waals surface area (Å²) >= 11 is 8.82. The Morgan fingerprint density at radius 1 is 0.474 bits per heavy atom. The molecule has 0 unspecified atom stereocenters. The van der Waals surface area contributed by atoms with Crippen molar-refractivity contribution in [3.63, 3.8) is 0 Å². The first-order valence-electron chi connectivity index (χ1n) is 21.1. The molecule has 0 atom stereocenters. The van der Waals surface area contributed by atoms with Crippen LogP contribution in [0.1, 0.15) is 97.8 Å². The second-order valence-electron chi connectivity index (χ2n) is 15.2. The quantitative estimate of drug-likeness (QED) is 0.0732. The van der Waals surface area contributed by atoms with Crippen molar-refractivity contribution < 1.29 is 0 Å².